The maximum atomic E-state index is 6.07. The lowest BCUT2D eigenvalue weighted by molar-refractivity contribution is 0.171. The van der Waals surface area contributed by atoms with Crippen molar-refractivity contribution in [1.82, 2.24) is 0 Å². The Morgan fingerprint density at radius 1 is 1.43 bits per heavy atom. The molecule has 1 heterocycles. The maximum absolute atomic E-state index is 6.07. The first-order valence-electron chi connectivity index (χ1n) is 4.05. The zero-order chi connectivity index (χ0) is 10.1. The van der Waals surface area contributed by atoms with E-state index in [0.29, 0.717) is 35.5 Å². The highest BCUT2D eigenvalue weighted by atomic mass is 79.9. The summed E-state index contributed by atoms with van der Waals surface area (Å²) in [6.07, 6.45) is 0. The van der Waals surface area contributed by atoms with Gasteiger partial charge >= 0.3 is 0 Å². The summed E-state index contributed by atoms with van der Waals surface area (Å²) in [5, 5.41) is 0.441. The Morgan fingerprint density at radius 2 is 2.14 bits per heavy atom. The summed E-state index contributed by atoms with van der Waals surface area (Å²) in [4.78, 5) is 0. The molecule has 1 aromatic rings. The van der Waals surface area contributed by atoms with Crippen LogP contribution in [0.25, 0.3) is 0 Å². The Hall–Kier alpha value is -0.610. The Morgan fingerprint density at radius 3 is 2.86 bits per heavy atom. The van der Waals surface area contributed by atoms with E-state index in [1.54, 1.807) is 13.2 Å². The fourth-order valence-electron chi connectivity index (χ4n) is 1.29. The zero-order valence-electron chi connectivity index (χ0n) is 7.47. The third-order valence-electron chi connectivity index (χ3n) is 1.89. The van der Waals surface area contributed by atoms with Gasteiger partial charge in [-0.1, -0.05) is 11.6 Å². The molecule has 0 saturated carbocycles. The molecule has 1 aliphatic heterocycles. The summed E-state index contributed by atoms with van der Waals surface area (Å²) in [5.74, 6) is 1.77. The van der Waals surface area contributed by atoms with E-state index in [2.05, 4.69) is 15.9 Å². The number of hydrogen-bond donors (Lipinski definition) is 0. The van der Waals surface area contributed by atoms with Crippen LogP contribution in [0.5, 0.6) is 17.2 Å². The number of fused-ring (bicyclic) bond motifs is 1. The fraction of sp³-hybridized carbons (Fsp3) is 0.333. The molecular formula is C9H8BrClO3. The first-order chi connectivity index (χ1) is 6.74. The van der Waals surface area contributed by atoms with Crippen LogP contribution in [0.15, 0.2) is 10.5 Å². The van der Waals surface area contributed by atoms with E-state index in [1.165, 1.54) is 0 Å². The van der Waals surface area contributed by atoms with Crippen molar-refractivity contribution in [3.8, 4) is 17.2 Å². The standard InChI is InChI=1S/C9H8BrClO3/c1-12-8-5(10)4-6-9(7(8)11)14-3-2-13-6/h4H,2-3H2,1H3. The monoisotopic (exact) mass is 278 g/mol. The summed E-state index contributed by atoms with van der Waals surface area (Å²) >= 11 is 9.41. The number of rotatable bonds is 1. The second kappa shape index (κ2) is 3.87. The summed E-state index contributed by atoms with van der Waals surface area (Å²) in [7, 11) is 1.56. The number of hydrogen-bond acceptors (Lipinski definition) is 3. The van der Waals surface area contributed by atoms with Crippen LogP contribution in [0.1, 0.15) is 0 Å². The van der Waals surface area contributed by atoms with Gasteiger partial charge in [-0.25, -0.2) is 0 Å². The van der Waals surface area contributed by atoms with Crippen LogP contribution in [-0.4, -0.2) is 20.3 Å². The lowest BCUT2D eigenvalue weighted by Gasteiger charge is -2.21. The summed E-state index contributed by atoms with van der Waals surface area (Å²) < 4.78 is 16.7. The Balaban J connectivity index is 2.57. The molecular weight excluding hydrogens is 271 g/mol. The lowest BCUT2D eigenvalue weighted by atomic mass is 10.3. The molecule has 0 unspecified atom stereocenters. The van der Waals surface area contributed by atoms with Crippen LogP contribution in [-0.2, 0) is 0 Å². The molecule has 0 radical (unpaired) electrons. The van der Waals surface area contributed by atoms with Gasteiger partial charge in [0.05, 0.1) is 11.6 Å². The average Bonchev–Trinajstić information content (AvgIpc) is 2.18. The van der Waals surface area contributed by atoms with Gasteiger partial charge in [0.15, 0.2) is 17.2 Å². The van der Waals surface area contributed by atoms with Crippen molar-refractivity contribution in [2.24, 2.45) is 0 Å². The van der Waals surface area contributed by atoms with Crippen LogP contribution in [0, 0.1) is 0 Å². The van der Waals surface area contributed by atoms with Gasteiger partial charge in [-0.05, 0) is 15.9 Å². The molecule has 0 saturated heterocycles. The molecule has 1 aromatic carbocycles. The van der Waals surface area contributed by atoms with Crippen LogP contribution in [0.4, 0.5) is 0 Å². The van der Waals surface area contributed by atoms with E-state index < -0.39 is 0 Å². The zero-order valence-corrected chi connectivity index (χ0v) is 9.81. The molecule has 0 fully saturated rings. The predicted octanol–water partition coefficient (Wildman–Crippen LogP) is 2.88. The molecule has 5 heteroatoms. The van der Waals surface area contributed by atoms with Gasteiger partial charge < -0.3 is 14.2 Å². The largest absolute Gasteiger partial charge is 0.494 e. The first-order valence-corrected chi connectivity index (χ1v) is 5.22. The maximum Gasteiger partial charge on any atom is 0.183 e. The van der Waals surface area contributed by atoms with E-state index in [4.69, 9.17) is 25.8 Å². The molecule has 0 spiro atoms. The van der Waals surface area contributed by atoms with Gasteiger partial charge in [0.1, 0.15) is 18.2 Å². The molecule has 0 amide bonds. The van der Waals surface area contributed by atoms with Crippen LogP contribution >= 0.6 is 27.5 Å². The first kappa shape index (κ1) is 9.93. The topological polar surface area (TPSA) is 27.7 Å². The van der Waals surface area contributed by atoms with Crippen molar-refractivity contribution in [1.29, 1.82) is 0 Å². The van der Waals surface area contributed by atoms with E-state index in [0.717, 1.165) is 4.47 Å². The normalized spacial score (nSPS) is 13.9. The summed E-state index contributed by atoms with van der Waals surface area (Å²) in [5.41, 5.74) is 0. The van der Waals surface area contributed by atoms with Crippen LogP contribution < -0.4 is 14.2 Å². The summed E-state index contributed by atoms with van der Waals surface area (Å²) in [6, 6.07) is 1.79. The number of benzene rings is 1. The van der Waals surface area contributed by atoms with Gasteiger partial charge in [-0.3, -0.25) is 0 Å². The lowest BCUT2D eigenvalue weighted by Crippen LogP contribution is -2.15. The Bertz CT molecular complexity index is 368. The molecule has 0 aliphatic carbocycles. The summed E-state index contributed by atoms with van der Waals surface area (Å²) in [6.45, 7) is 1.06. The molecule has 3 nitrogen and oxygen atoms in total. The molecule has 0 N–H and O–H groups in total. The van der Waals surface area contributed by atoms with Crippen molar-refractivity contribution in [2.75, 3.05) is 20.3 Å². The molecule has 2 rings (SSSR count). The van der Waals surface area contributed by atoms with Gasteiger partial charge in [0, 0.05) is 6.07 Å². The second-order valence-electron chi connectivity index (χ2n) is 2.73. The van der Waals surface area contributed by atoms with Gasteiger partial charge in [-0.2, -0.15) is 0 Å². The minimum atomic E-state index is 0.441. The van der Waals surface area contributed by atoms with Crippen molar-refractivity contribution in [3.05, 3.63) is 15.6 Å². The second-order valence-corrected chi connectivity index (χ2v) is 3.96. The van der Waals surface area contributed by atoms with Crippen molar-refractivity contribution in [2.45, 2.75) is 0 Å². The number of ether oxygens (including phenoxy) is 3. The molecule has 14 heavy (non-hydrogen) atoms. The Labute approximate surface area is 95.0 Å². The van der Waals surface area contributed by atoms with E-state index >= 15 is 0 Å². The highest BCUT2D eigenvalue weighted by molar-refractivity contribution is 9.10. The van der Waals surface area contributed by atoms with E-state index in [-0.39, 0.29) is 0 Å². The SMILES string of the molecule is COc1c(Br)cc2c(c1Cl)OCCO2. The van der Waals surface area contributed by atoms with Crippen LogP contribution in [0.3, 0.4) is 0 Å². The molecule has 0 aromatic heterocycles. The van der Waals surface area contributed by atoms with Crippen LogP contribution in [0.2, 0.25) is 5.02 Å². The van der Waals surface area contributed by atoms with Gasteiger partial charge in [0.2, 0.25) is 0 Å². The quantitative estimate of drug-likeness (QED) is 0.791. The number of halogens is 2. The molecule has 1 aliphatic rings. The van der Waals surface area contributed by atoms with Gasteiger partial charge in [0.25, 0.3) is 0 Å². The Kier molecular flexibility index (Phi) is 2.74. The van der Waals surface area contributed by atoms with Gasteiger partial charge in [-0.15, -0.1) is 0 Å². The van der Waals surface area contributed by atoms with Crippen molar-refractivity contribution in [3.63, 3.8) is 0 Å². The molecule has 0 atom stereocenters. The number of methoxy groups -OCH3 is 1. The molecule has 0 bridgehead atoms. The van der Waals surface area contributed by atoms with E-state index in [9.17, 15) is 0 Å². The average molecular weight is 280 g/mol. The van der Waals surface area contributed by atoms with Crippen molar-refractivity contribution >= 4 is 27.5 Å². The van der Waals surface area contributed by atoms with Crippen molar-refractivity contribution < 1.29 is 14.2 Å². The third-order valence-corrected chi connectivity index (χ3v) is 2.82. The smallest absolute Gasteiger partial charge is 0.183 e. The fourth-order valence-corrected chi connectivity index (χ4v) is 2.30. The molecule has 76 valence electrons. The third kappa shape index (κ3) is 1.53. The minimum Gasteiger partial charge on any atom is -0.494 e. The highest BCUT2D eigenvalue weighted by Crippen LogP contribution is 2.47. The highest BCUT2D eigenvalue weighted by Gasteiger charge is 2.21. The predicted molar refractivity (Wildman–Crippen MR) is 56.7 cm³/mol. The van der Waals surface area contributed by atoms with E-state index in [1.807, 2.05) is 0 Å². The minimum absolute atomic E-state index is 0.441.